The Labute approximate surface area is 163 Å². The number of benzene rings is 3. The van der Waals surface area contributed by atoms with Gasteiger partial charge in [0.05, 0.1) is 5.56 Å². The number of rotatable bonds is 4. The van der Waals surface area contributed by atoms with Crippen molar-refractivity contribution in [3.8, 4) is 16.9 Å². The van der Waals surface area contributed by atoms with Crippen molar-refractivity contribution in [2.24, 2.45) is 0 Å². The molecule has 4 heteroatoms. The molecule has 3 aromatic rings. The predicted molar refractivity (Wildman–Crippen MR) is 106 cm³/mol. The summed E-state index contributed by atoms with van der Waals surface area (Å²) in [4.78, 5) is 11.0. The van der Waals surface area contributed by atoms with Crippen LogP contribution in [0.2, 0.25) is 0 Å². The van der Waals surface area contributed by atoms with Crippen molar-refractivity contribution in [1.29, 1.82) is 0 Å². The number of hydrogen-bond acceptors (Lipinski definition) is 2. The van der Waals surface area contributed by atoms with Crippen LogP contribution in [0, 0.1) is 5.82 Å². The number of aryl methyl sites for hydroxylation is 1. The molecule has 28 heavy (non-hydrogen) atoms. The highest BCUT2D eigenvalue weighted by Crippen LogP contribution is 2.37. The van der Waals surface area contributed by atoms with Crippen molar-refractivity contribution in [2.45, 2.75) is 31.8 Å². The lowest BCUT2D eigenvalue weighted by molar-refractivity contribution is 0.0653. The molecule has 4 rings (SSSR count). The molecule has 1 aliphatic heterocycles. The van der Waals surface area contributed by atoms with Gasteiger partial charge in [-0.2, -0.15) is 0 Å². The highest BCUT2D eigenvalue weighted by Gasteiger charge is 2.32. The van der Waals surface area contributed by atoms with Gasteiger partial charge in [-0.05, 0) is 78.4 Å². The molecule has 142 valence electrons. The van der Waals surface area contributed by atoms with Crippen LogP contribution in [0.5, 0.6) is 5.75 Å². The maximum Gasteiger partial charge on any atom is 0.335 e. The fourth-order valence-electron chi connectivity index (χ4n) is 3.78. The van der Waals surface area contributed by atoms with Crippen LogP contribution in [0.15, 0.2) is 66.7 Å². The second kappa shape index (κ2) is 7.12. The summed E-state index contributed by atoms with van der Waals surface area (Å²) >= 11 is 0. The van der Waals surface area contributed by atoms with Gasteiger partial charge in [0.15, 0.2) is 0 Å². The Morgan fingerprint density at radius 3 is 2.54 bits per heavy atom. The van der Waals surface area contributed by atoms with Crippen molar-refractivity contribution in [1.82, 2.24) is 0 Å². The molecule has 0 saturated carbocycles. The summed E-state index contributed by atoms with van der Waals surface area (Å²) in [6, 6.07) is 19.6. The predicted octanol–water partition coefficient (Wildman–Crippen LogP) is 5.52. The van der Waals surface area contributed by atoms with Crippen molar-refractivity contribution >= 4 is 5.97 Å². The van der Waals surface area contributed by atoms with Crippen LogP contribution in [-0.4, -0.2) is 16.7 Å². The molecule has 1 aliphatic rings. The Balaban J connectivity index is 1.55. The first-order valence-corrected chi connectivity index (χ1v) is 9.32. The first kappa shape index (κ1) is 18.2. The Hall–Kier alpha value is -3.14. The van der Waals surface area contributed by atoms with Gasteiger partial charge in [-0.1, -0.05) is 30.3 Å². The SMILES string of the molecule is C[C@]1(Cc2cccc(F)c2)CCc2cc(-c3ccc(C(=O)O)cc3)ccc2O1. The average Bonchev–Trinajstić information content (AvgIpc) is 2.67. The van der Waals surface area contributed by atoms with Gasteiger partial charge >= 0.3 is 5.97 Å². The number of hydrogen-bond donors (Lipinski definition) is 1. The lowest BCUT2D eigenvalue weighted by Crippen LogP contribution is -2.38. The zero-order valence-corrected chi connectivity index (χ0v) is 15.6. The highest BCUT2D eigenvalue weighted by molar-refractivity contribution is 5.88. The van der Waals surface area contributed by atoms with E-state index < -0.39 is 5.97 Å². The van der Waals surface area contributed by atoms with E-state index in [2.05, 4.69) is 13.0 Å². The zero-order valence-electron chi connectivity index (χ0n) is 15.6. The summed E-state index contributed by atoms with van der Waals surface area (Å²) in [5, 5.41) is 9.04. The normalized spacial score (nSPS) is 18.2. The van der Waals surface area contributed by atoms with Gasteiger partial charge in [0.1, 0.15) is 17.2 Å². The molecule has 0 fully saturated rings. The molecule has 1 heterocycles. The van der Waals surface area contributed by atoms with E-state index in [-0.39, 0.29) is 17.0 Å². The molecule has 0 saturated heterocycles. The lowest BCUT2D eigenvalue weighted by Gasteiger charge is -2.36. The Bertz CT molecular complexity index is 1030. The van der Waals surface area contributed by atoms with Gasteiger partial charge in [0.2, 0.25) is 0 Å². The fourth-order valence-corrected chi connectivity index (χ4v) is 3.78. The molecule has 0 aliphatic carbocycles. The van der Waals surface area contributed by atoms with E-state index >= 15 is 0 Å². The van der Waals surface area contributed by atoms with E-state index in [4.69, 9.17) is 9.84 Å². The Morgan fingerprint density at radius 2 is 1.82 bits per heavy atom. The van der Waals surface area contributed by atoms with Crippen LogP contribution >= 0.6 is 0 Å². The summed E-state index contributed by atoms with van der Waals surface area (Å²) < 4.78 is 19.8. The van der Waals surface area contributed by atoms with E-state index in [1.165, 1.54) is 6.07 Å². The highest BCUT2D eigenvalue weighted by atomic mass is 19.1. The maximum atomic E-state index is 13.5. The second-order valence-corrected chi connectivity index (χ2v) is 7.56. The van der Waals surface area contributed by atoms with E-state index in [0.29, 0.717) is 6.42 Å². The van der Waals surface area contributed by atoms with Gasteiger partial charge in [-0.15, -0.1) is 0 Å². The average molecular weight is 376 g/mol. The molecule has 3 nitrogen and oxygen atoms in total. The first-order valence-electron chi connectivity index (χ1n) is 9.32. The molecule has 0 unspecified atom stereocenters. The number of carboxylic acids is 1. The van der Waals surface area contributed by atoms with Gasteiger partial charge < -0.3 is 9.84 Å². The van der Waals surface area contributed by atoms with Crippen LogP contribution in [-0.2, 0) is 12.8 Å². The third-order valence-corrected chi connectivity index (χ3v) is 5.27. The number of carbonyl (C=O) groups is 1. The monoisotopic (exact) mass is 376 g/mol. The molecular formula is C24H21FO3. The number of carboxylic acid groups (broad SMARTS) is 1. The molecule has 0 radical (unpaired) electrons. The summed E-state index contributed by atoms with van der Waals surface area (Å²) in [7, 11) is 0. The molecule has 0 spiro atoms. The minimum Gasteiger partial charge on any atom is -0.487 e. The molecule has 1 N–H and O–H groups in total. The maximum absolute atomic E-state index is 13.5. The summed E-state index contributed by atoms with van der Waals surface area (Å²) in [6.45, 7) is 2.07. The Kier molecular flexibility index (Phi) is 4.63. The fraction of sp³-hybridized carbons (Fsp3) is 0.208. The van der Waals surface area contributed by atoms with Crippen molar-refractivity contribution in [3.05, 3.63) is 89.2 Å². The van der Waals surface area contributed by atoms with Crippen LogP contribution in [0.3, 0.4) is 0 Å². The second-order valence-electron chi connectivity index (χ2n) is 7.56. The summed E-state index contributed by atoms with van der Waals surface area (Å²) in [6.07, 6.45) is 2.38. The molecule has 0 amide bonds. The van der Waals surface area contributed by atoms with E-state index in [1.54, 1.807) is 24.3 Å². The van der Waals surface area contributed by atoms with Crippen LogP contribution in [0.1, 0.15) is 34.8 Å². The van der Waals surface area contributed by atoms with Gasteiger partial charge in [0.25, 0.3) is 0 Å². The van der Waals surface area contributed by atoms with Crippen molar-refractivity contribution in [2.75, 3.05) is 0 Å². The minimum atomic E-state index is -0.928. The molecule has 3 aromatic carbocycles. The number of fused-ring (bicyclic) bond motifs is 1. The van der Waals surface area contributed by atoms with E-state index in [0.717, 1.165) is 40.8 Å². The zero-order chi connectivity index (χ0) is 19.7. The van der Waals surface area contributed by atoms with Crippen LogP contribution < -0.4 is 4.74 Å². The molecule has 1 atom stereocenters. The van der Waals surface area contributed by atoms with E-state index in [9.17, 15) is 9.18 Å². The molecular weight excluding hydrogens is 355 g/mol. The standard InChI is InChI=1S/C24H21FO3/c1-24(15-16-3-2-4-21(25)13-16)12-11-20-14-19(9-10-22(20)28-24)17-5-7-18(8-6-17)23(26)27/h2-10,13-14H,11-12,15H2,1H3,(H,26,27)/t24-/m1/s1. The Morgan fingerprint density at radius 1 is 1.07 bits per heavy atom. The number of ether oxygens (including phenoxy) is 1. The van der Waals surface area contributed by atoms with Crippen molar-refractivity contribution < 1.29 is 19.0 Å². The van der Waals surface area contributed by atoms with Gasteiger partial charge in [-0.25, -0.2) is 9.18 Å². The van der Waals surface area contributed by atoms with Gasteiger partial charge in [-0.3, -0.25) is 0 Å². The minimum absolute atomic E-state index is 0.226. The lowest BCUT2D eigenvalue weighted by atomic mass is 9.86. The topological polar surface area (TPSA) is 46.5 Å². The third-order valence-electron chi connectivity index (χ3n) is 5.27. The molecule has 0 aromatic heterocycles. The smallest absolute Gasteiger partial charge is 0.335 e. The largest absolute Gasteiger partial charge is 0.487 e. The number of aromatic carboxylic acids is 1. The van der Waals surface area contributed by atoms with Crippen molar-refractivity contribution in [3.63, 3.8) is 0 Å². The van der Waals surface area contributed by atoms with E-state index in [1.807, 2.05) is 30.3 Å². The van der Waals surface area contributed by atoms with Crippen LogP contribution in [0.4, 0.5) is 4.39 Å². The first-order chi connectivity index (χ1) is 13.4. The summed E-state index contributed by atoms with van der Waals surface area (Å²) in [5.74, 6) is -0.296. The van der Waals surface area contributed by atoms with Gasteiger partial charge in [0, 0.05) is 6.42 Å². The quantitative estimate of drug-likeness (QED) is 0.652. The van der Waals surface area contributed by atoms with Crippen LogP contribution in [0.25, 0.3) is 11.1 Å². The molecule has 0 bridgehead atoms. The number of halogens is 1. The summed E-state index contributed by atoms with van der Waals surface area (Å²) in [5.41, 5.74) is 3.98. The third kappa shape index (κ3) is 3.77.